The highest BCUT2D eigenvalue weighted by Crippen LogP contribution is 2.50. The number of aromatic nitrogens is 2. The number of rotatable bonds is 6. The largest absolute Gasteiger partial charge is 0.481 e. The molecule has 6 heteroatoms. The summed E-state index contributed by atoms with van der Waals surface area (Å²) in [4.78, 5) is 12.8. The summed E-state index contributed by atoms with van der Waals surface area (Å²) in [6, 6.07) is 12.5. The number of hydrogen-bond acceptors (Lipinski definition) is 3. The second-order valence-electron chi connectivity index (χ2n) is 9.62. The number of carbonyl (C=O) groups is 1. The zero-order valence-corrected chi connectivity index (χ0v) is 20.3. The van der Waals surface area contributed by atoms with Gasteiger partial charge in [0.2, 0.25) is 0 Å². The monoisotopic (exact) mass is 435 g/mol. The third-order valence-corrected chi connectivity index (χ3v) is 8.52. The van der Waals surface area contributed by atoms with Crippen LogP contribution in [0.1, 0.15) is 56.0 Å². The Hall–Kier alpha value is -2.65. The SMILES string of the molecule is CCn1nc(C)cc1/C(=C(/C#N)c1ccc([Si](C)(C)C)cc1)C1(C(=O)O)CCCCC1. The van der Waals surface area contributed by atoms with E-state index in [0.717, 1.165) is 36.2 Å². The normalized spacial score (nSPS) is 17.0. The number of allylic oxidation sites excluding steroid dienone is 1. The number of aliphatic carboxylic acids is 1. The average Bonchev–Trinajstić information content (AvgIpc) is 3.11. The Morgan fingerprint density at radius 3 is 2.29 bits per heavy atom. The molecule has 1 aromatic carbocycles. The van der Waals surface area contributed by atoms with E-state index >= 15 is 0 Å². The van der Waals surface area contributed by atoms with Crippen molar-refractivity contribution in [3.63, 3.8) is 0 Å². The number of carboxylic acids is 1. The minimum atomic E-state index is -1.48. The summed E-state index contributed by atoms with van der Waals surface area (Å²) in [7, 11) is -1.48. The maximum absolute atomic E-state index is 12.8. The van der Waals surface area contributed by atoms with Crippen LogP contribution in [0.25, 0.3) is 11.1 Å². The molecule has 1 heterocycles. The maximum atomic E-state index is 12.8. The molecule has 0 amide bonds. The molecule has 164 valence electrons. The van der Waals surface area contributed by atoms with Crippen LogP contribution in [0.15, 0.2) is 30.3 Å². The minimum Gasteiger partial charge on any atom is -0.481 e. The van der Waals surface area contributed by atoms with Crippen LogP contribution in [0.3, 0.4) is 0 Å². The Labute approximate surface area is 186 Å². The molecule has 0 atom stereocenters. The first-order valence-corrected chi connectivity index (χ1v) is 14.7. The molecular weight excluding hydrogens is 402 g/mol. The van der Waals surface area contributed by atoms with E-state index in [1.54, 1.807) is 0 Å². The van der Waals surface area contributed by atoms with E-state index < -0.39 is 19.5 Å². The molecule has 0 saturated heterocycles. The van der Waals surface area contributed by atoms with Crippen LogP contribution in [0.4, 0.5) is 0 Å². The topological polar surface area (TPSA) is 78.9 Å². The molecule has 0 bridgehead atoms. The fourth-order valence-corrected chi connectivity index (χ4v) is 5.89. The highest BCUT2D eigenvalue weighted by atomic mass is 28.3. The van der Waals surface area contributed by atoms with Crippen molar-refractivity contribution >= 4 is 30.4 Å². The molecular formula is C25H33N3O2Si. The van der Waals surface area contributed by atoms with Gasteiger partial charge in [0.25, 0.3) is 0 Å². The van der Waals surface area contributed by atoms with Crippen molar-refractivity contribution in [2.75, 3.05) is 0 Å². The molecule has 31 heavy (non-hydrogen) atoms. The van der Waals surface area contributed by atoms with Crippen LogP contribution in [0, 0.1) is 23.7 Å². The van der Waals surface area contributed by atoms with Crippen LogP contribution in [-0.4, -0.2) is 28.9 Å². The fourth-order valence-electron chi connectivity index (χ4n) is 4.73. The van der Waals surface area contributed by atoms with E-state index in [0.29, 0.717) is 30.5 Å². The van der Waals surface area contributed by atoms with Crippen molar-refractivity contribution < 1.29 is 9.90 Å². The maximum Gasteiger partial charge on any atom is 0.314 e. The molecule has 5 nitrogen and oxygen atoms in total. The zero-order chi connectivity index (χ0) is 22.8. The van der Waals surface area contributed by atoms with Gasteiger partial charge in [-0.15, -0.1) is 0 Å². The predicted octanol–water partition coefficient (Wildman–Crippen LogP) is 5.23. The van der Waals surface area contributed by atoms with Gasteiger partial charge >= 0.3 is 5.97 Å². The quantitative estimate of drug-likeness (QED) is 0.498. The van der Waals surface area contributed by atoms with Crippen molar-refractivity contribution in [1.82, 2.24) is 9.78 Å². The Kier molecular flexibility index (Phi) is 6.56. The van der Waals surface area contributed by atoms with E-state index in [1.165, 1.54) is 5.19 Å². The van der Waals surface area contributed by atoms with Gasteiger partial charge in [-0.05, 0) is 38.3 Å². The number of carboxylic acid groups (broad SMARTS) is 1. The van der Waals surface area contributed by atoms with Crippen LogP contribution in [-0.2, 0) is 11.3 Å². The molecule has 1 aliphatic rings. The molecule has 0 unspecified atom stereocenters. The van der Waals surface area contributed by atoms with Crippen molar-refractivity contribution in [3.8, 4) is 6.07 Å². The number of nitrogens with zero attached hydrogens (tertiary/aromatic N) is 3. The summed E-state index contributed by atoms with van der Waals surface area (Å²) >= 11 is 0. The van der Waals surface area contributed by atoms with E-state index in [2.05, 4.69) is 42.9 Å². The molecule has 0 radical (unpaired) electrons. The highest BCUT2D eigenvalue weighted by Gasteiger charge is 2.46. The lowest BCUT2D eigenvalue weighted by Gasteiger charge is -2.36. The first-order valence-electron chi connectivity index (χ1n) is 11.2. The number of aryl methyl sites for hydroxylation is 2. The molecule has 2 aromatic rings. The lowest BCUT2D eigenvalue weighted by Crippen LogP contribution is -2.37. The Bertz CT molecular complexity index is 1030. The van der Waals surface area contributed by atoms with Gasteiger partial charge in [-0.25, -0.2) is 0 Å². The lowest BCUT2D eigenvalue weighted by molar-refractivity contribution is -0.146. The van der Waals surface area contributed by atoms with Crippen LogP contribution >= 0.6 is 0 Å². The molecule has 1 fully saturated rings. The Balaban J connectivity index is 2.33. The minimum absolute atomic E-state index is 0.459. The van der Waals surface area contributed by atoms with E-state index in [-0.39, 0.29) is 0 Å². The third-order valence-electron chi connectivity index (χ3n) is 6.45. The third kappa shape index (κ3) is 4.38. The molecule has 0 aliphatic heterocycles. The van der Waals surface area contributed by atoms with Gasteiger partial charge in [0, 0.05) is 12.1 Å². The molecule has 0 spiro atoms. The van der Waals surface area contributed by atoms with Crippen LogP contribution in [0.2, 0.25) is 19.6 Å². The number of hydrogen-bond donors (Lipinski definition) is 1. The van der Waals surface area contributed by atoms with Crippen LogP contribution in [0.5, 0.6) is 0 Å². The fraction of sp³-hybridized carbons (Fsp3) is 0.480. The van der Waals surface area contributed by atoms with Crippen LogP contribution < -0.4 is 5.19 Å². The first-order chi connectivity index (χ1) is 14.6. The van der Waals surface area contributed by atoms with Gasteiger partial charge in [0.15, 0.2) is 0 Å². The van der Waals surface area contributed by atoms with E-state index in [1.807, 2.05) is 36.7 Å². The Morgan fingerprint density at radius 1 is 1.19 bits per heavy atom. The van der Waals surface area contributed by atoms with Gasteiger partial charge in [-0.1, -0.05) is 68.4 Å². The number of benzene rings is 1. The van der Waals surface area contributed by atoms with Gasteiger partial charge in [-0.2, -0.15) is 10.4 Å². The second kappa shape index (κ2) is 8.84. The van der Waals surface area contributed by atoms with Gasteiger partial charge in [0.1, 0.15) is 6.07 Å². The average molecular weight is 436 g/mol. The van der Waals surface area contributed by atoms with Crippen molar-refractivity contribution in [2.24, 2.45) is 5.41 Å². The molecule has 1 aromatic heterocycles. The summed E-state index contributed by atoms with van der Waals surface area (Å²) in [5.41, 5.74) is 2.39. The summed E-state index contributed by atoms with van der Waals surface area (Å²) in [6.45, 7) is 11.4. The molecule has 1 N–H and O–H groups in total. The highest BCUT2D eigenvalue weighted by molar-refractivity contribution is 6.88. The smallest absolute Gasteiger partial charge is 0.314 e. The van der Waals surface area contributed by atoms with E-state index in [4.69, 9.17) is 0 Å². The second-order valence-corrected chi connectivity index (χ2v) is 14.7. The standard InChI is InChI=1S/C25H33N3O2Si/c1-6-28-22(16-18(2)27-28)23(25(24(29)30)14-8-7-9-15-25)21(17-26)19-10-12-20(13-11-19)31(3,4)5/h10-13,16H,6-9,14-15H2,1-5H3,(H,29,30)/b23-21+. The summed E-state index contributed by atoms with van der Waals surface area (Å²) in [5.74, 6) is -0.838. The van der Waals surface area contributed by atoms with Gasteiger partial charge in [0.05, 0.1) is 30.4 Å². The van der Waals surface area contributed by atoms with Crippen molar-refractivity contribution in [1.29, 1.82) is 5.26 Å². The molecule has 1 aliphatic carbocycles. The van der Waals surface area contributed by atoms with Crippen molar-refractivity contribution in [2.45, 2.75) is 72.1 Å². The first kappa shape index (κ1) is 23.0. The molecule has 3 rings (SSSR count). The van der Waals surface area contributed by atoms with E-state index in [9.17, 15) is 15.2 Å². The molecule has 1 saturated carbocycles. The van der Waals surface area contributed by atoms with Gasteiger partial charge in [-0.3, -0.25) is 9.48 Å². The summed E-state index contributed by atoms with van der Waals surface area (Å²) in [6.07, 6.45) is 3.82. The Morgan fingerprint density at radius 2 is 1.81 bits per heavy atom. The predicted molar refractivity (Wildman–Crippen MR) is 128 cm³/mol. The number of nitriles is 1. The van der Waals surface area contributed by atoms with Gasteiger partial charge < -0.3 is 5.11 Å². The summed E-state index contributed by atoms with van der Waals surface area (Å²) in [5, 5.41) is 26.7. The zero-order valence-electron chi connectivity index (χ0n) is 19.3. The van der Waals surface area contributed by atoms with Crippen molar-refractivity contribution in [3.05, 3.63) is 47.3 Å². The summed E-state index contributed by atoms with van der Waals surface area (Å²) < 4.78 is 1.84. The lowest BCUT2D eigenvalue weighted by atomic mass is 9.66.